The molecule has 104 valence electrons. The number of amides is 1. The average molecular weight is 271 g/mol. The van der Waals surface area contributed by atoms with Gasteiger partial charge in [0.15, 0.2) is 0 Å². The number of aromatic nitrogens is 2. The number of nitrogens with one attached hydrogen (secondary N) is 1. The van der Waals surface area contributed by atoms with Crippen LogP contribution in [-0.2, 0) is 18.4 Å². The minimum absolute atomic E-state index is 0.0523. The predicted molar refractivity (Wildman–Crippen MR) is 74.0 cm³/mol. The number of hydrogen-bond donors (Lipinski definition) is 2. The molecular weight excluding hydrogens is 254 g/mol. The van der Waals surface area contributed by atoms with Gasteiger partial charge in [-0.15, -0.1) is 0 Å². The van der Waals surface area contributed by atoms with E-state index in [4.69, 9.17) is 0 Å². The van der Waals surface area contributed by atoms with Crippen LogP contribution in [0.25, 0.3) is 0 Å². The van der Waals surface area contributed by atoms with Gasteiger partial charge in [-0.1, -0.05) is 12.1 Å². The first-order valence-corrected chi connectivity index (χ1v) is 6.67. The van der Waals surface area contributed by atoms with E-state index in [-0.39, 0.29) is 17.6 Å². The summed E-state index contributed by atoms with van der Waals surface area (Å²) >= 11 is 0. The van der Waals surface area contributed by atoms with Crippen molar-refractivity contribution in [3.63, 3.8) is 0 Å². The molecule has 3 rings (SSSR count). The van der Waals surface area contributed by atoms with Crippen molar-refractivity contribution in [3.8, 4) is 5.75 Å². The molecule has 0 bridgehead atoms. The summed E-state index contributed by atoms with van der Waals surface area (Å²) in [7, 11) is 1.88. The zero-order chi connectivity index (χ0) is 14.1. The lowest BCUT2D eigenvalue weighted by Gasteiger charge is -2.05. The maximum Gasteiger partial charge on any atom is 0.224 e. The quantitative estimate of drug-likeness (QED) is 0.886. The minimum atomic E-state index is 0.0523. The van der Waals surface area contributed by atoms with Crippen molar-refractivity contribution in [3.05, 3.63) is 47.8 Å². The van der Waals surface area contributed by atoms with Crippen molar-refractivity contribution in [2.24, 2.45) is 13.0 Å². The molecule has 0 aliphatic heterocycles. The first-order chi connectivity index (χ1) is 9.63. The third-order valence-electron chi connectivity index (χ3n) is 3.66. The van der Waals surface area contributed by atoms with Gasteiger partial charge in [-0.05, 0) is 35.6 Å². The summed E-state index contributed by atoms with van der Waals surface area (Å²) in [6.45, 7) is 0.448. The molecule has 0 spiro atoms. The maximum atomic E-state index is 12.1. The highest BCUT2D eigenvalue weighted by Crippen LogP contribution is 2.47. The lowest BCUT2D eigenvalue weighted by atomic mass is 10.2. The number of benzene rings is 1. The van der Waals surface area contributed by atoms with Crippen LogP contribution in [0.4, 0.5) is 0 Å². The van der Waals surface area contributed by atoms with E-state index < -0.39 is 0 Å². The maximum absolute atomic E-state index is 12.1. The monoisotopic (exact) mass is 271 g/mol. The van der Waals surface area contributed by atoms with Gasteiger partial charge in [-0.3, -0.25) is 9.48 Å². The molecule has 2 unspecified atom stereocenters. The van der Waals surface area contributed by atoms with Gasteiger partial charge in [-0.25, -0.2) is 0 Å². The van der Waals surface area contributed by atoms with E-state index in [1.807, 2.05) is 25.5 Å². The third kappa shape index (κ3) is 2.66. The van der Waals surface area contributed by atoms with Crippen molar-refractivity contribution in [1.29, 1.82) is 0 Å². The number of rotatable bonds is 4. The van der Waals surface area contributed by atoms with E-state index in [0.717, 1.165) is 17.5 Å². The fourth-order valence-corrected chi connectivity index (χ4v) is 2.47. The van der Waals surface area contributed by atoms with E-state index in [9.17, 15) is 9.90 Å². The minimum Gasteiger partial charge on any atom is -0.508 e. The number of carbonyl (C=O) groups excluding carboxylic acids is 1. The molecule has 20 heavy (non-hydrogen) atoms. The van der Waals surface area contributed by atoms with Crippen LogP contribution in [0.3, 0.4) is 0 Å². The fraction of sp³-hybridized carbons (Fsp3) is 0.333. The molecule has 0 radical (unpaired) electrons. The zero-order valence-electron chi connectivity index (χ0n) is 11.3. The van der Waals surface area contributed by atoms with Crippen LogP contribution >= 0.6 is 0 Å². The molecule has 1 aromatic heterocycles. The molecule has 1 amide bonds. The molecule has 1 saturated carbocycles. The zero-order valence-corrected chi connectivity index (χ0v) is 11.3. The Balaban J connectivity index is 1.54. The first-order valence-electron chi connectivity index (χ1n) is 6.67. The molecule has 1 heterocycles. The van der Waals surface area contributed by atoms with Crippen molar-refractivity contribution < 1.29 is 9.90 Å². The lowest BCUT2D eigenvalue weighted by Crippen LogP contribution is -2.24. The van der Waals surface area contributed by atoms with Gasteiger partial charge in [0, 0.05) is 25.7 Å². The number of nitrogens with zero attached hydrogens (tertiary/aromatic N) is 2. The van der Waals surface area contributed by atoms with Crippen LogP contribution in [0, 0.1) is 5.92 Å². The van der Waals surface area contributed by atoms with Gasteiger partial charge in [0.25, 0.3) is 0 Å². The van der Waals surface area contributed by atoms with Crippen LogP contribution in [0.2, 0.25) is 0 Å². The van der Waals surface area contributed by atoms with Crippen LogP contribution in [0.1, 0.15) is 23.5 Å². The second-order valence-corrected chi connectivity index (χ2v) is 5.28. The SMILES string of the molecule is Cn1cc(C2CC2C(=O)NCc2cccc(O)c2)cn1. The fourth-order valence-electron chi connectivity index (χ4n) is 2.47. The second kappa shape index (κ2) is 5.00. The summed E-state index contributed by atoms with van der Waals surface area (Å²) in [5.74, 6) is 0.642. The molecule has 1 fully saturated rings. The number of carbonyl (C=O) groups is 1. The number of aromatic hydroxyl groups is 1. The van der Waals surface area contributed by atoms with Gasteiger partial charge >= 0.3 is 0 Å². The van der Waals surface area contributed by atoms with Crippen molar-refractivity contribution in [2.75, 3.05) is 0 Å². The van der Waals surface area contributed by atoms with Gasteiger partial charge in [0.1, 0.15) is 5.75 Å². The Bertz CT molecular complexity index is 636. The summed E-state index contributed by atoms with van der Waals surface area (Å²) in [4.78, 5) is 12.1. The van der Waals surface area contributed by atoms with Crippen molar-refractivity contribution in [2.45, 2.75) is 18.9 Å². The molecule has 5 heteroatoms. The summed E-state index contributed by atoms with van der Waals surface area (Å²) in [5.41, 5.74) is 2.03. The van der Waals surface area contributed by atoms with Crippen LogP contribution in [0.5, 0.6) is 5.75 Å². The highest BCUT2D eigenvalue weighted by atomic mass is 16.3. The Hall–Kier alpha value is -2.30. The van der Waals surface area contributed by atoms with Gasteiger partial charge in [0.2, 0.25) is 5.91 Å². The third-order valence-corrected chi connectivity index (χ3v) is 3.66. The lowest BCUT2D eigenvalue weighted by molar-refractivity contribution is -0.122. The van der Waals surface area contributed by atoms with E-state index in [1.54, 1.807) is 22.9 Å². The molecular formula is C15H17N3O2. The van der Waals surface area contributed by atoms with E-state index >= 15 is 0 Å². The van der Waals surface area contributed by atoms with Crippen molar-refractivity contribution >= 4 is 5.91 Å². The Labute approximate surface area is 117 Å². The van der Waals surface area contributed by atoms with Crippen molar-refractivity contribution in [1.82, 2.24) is 15.1 Å². The highest BCUT2D eigenvalue weighted by Gasteiger charge is 2.44. The van der Waals surface area contributed by atoms with Gasteiger partial charge < -0.3 is 10.4 Å². The largest absolute Gasteiger partial charge is 0.508 e. The number of aryl methyl sites for hydroxylation is 1. The van der Waals surface area contributed by atoms with E-state index in [2.05, 4.69) is 10.4 Å². The standard InChI is InChI=1S/C15H17N3O2/c1-18-9-11(8-17-18)13-6-14(13)15(20)16-7-10-3-2-4-12(19)5-10/h2-5,8-9,13-14,19H,6-7H2,1H3,(H,16,20). The first kappa shape index (κ1) is 12.7. The predicted octanol–water partition coefficient (Wildman–Crippen LogP) is 1.55. The highest BCUT2D eigenvalue weighted by molar-refractivity contribution is 5.82. The molecule has 5 nitrogen and oxygen atoms in total. The van der Waals surface area contributed by atoms with E-state index in [0.29, 0.717) is 12.5 Å². The molecule has 1 aromatic carbocycles. The summed E-state index contributed by atoms with van der Waals surface area (Å²) in [5, 5.41) is 16.4. The van der Waals surface area contributed by atoms with Gasteiger partial charge in [0.05, 0.1) is 6.20 Å². The molecule has 2 N–H and O–H groups in total. The average Bonchev–Trinajstić information content (AvgIpc) is 3.12. The Kier molecular flexibility index (Phi) is 3.18. The Morgan fingerprint density at radius 2 is 2.40 bits per heavy atom. The summed E-state index contributed by atoms with van der Waals surface area (Å²) in [6.07, 6.45) is 4.68. The molecule has 2 aromatic rings. The topological polar surface area (TPSA) is 67.2 Å². The number of phenols is 1. The smallest absolute Gasteiger partial charge is 0.224 e. The molecule has 1 aliphatic carbocycles. The van der Waals surface area contributed by atoms with Crippen LogP contribution in [0.15, 0.2) is 36.7 Å². The number of hydrogen-bond acceptors (Lipinski definition) is 3. The summed E-state index contributed by atoms with van der Waals surface area (Å²) < 4.78 is 1.76. The van der Waals surface area contributed by atoms with Gasteiger partial charge in [-0.2, -0.15) is 5.10 Å². The van der Waals surface area contributed by atoms with Crippen LogP contribution < -0.4 is 5.32 Å². The normalized spacial score (nSPS) is 20.6. The molecule has 2 atom stereocenters. The molecule has 1 aliphatic rings. The van der Waals surface area contributed by atoms with E-state index in [1.165, 1.54) is 0 Å². The second-order valence-electron chi connectivity index (χ2n) is 5.28. The Morgan fingerprint density at radius 1 is 1.55 bits per heavy atom. The Morgan fingerprint density at radius 3 is 3.10 bits per heavy atom. The van der Waals surface area contributed by atoms with Crippen LogP contribution in [-0.4, -0.2) is 20.8 Å². The number of phenolic OH excluding ortho intramolecular Hbond substituents is 1. The summed E-state index contributed by atoms with van der Waals surface area (Å²) in [6, 6.07) is 6.92. The molecule has 0 saturated heterocycles.